The molecule has 152 valence electrons. The minimum absolute atomic E-state index is 0.313. The molecule has 4 aromatic rings. The lowest BCUT2D eigenvalue weighted by Crippen LogP contribution is -2.21. The van der Waals surface area contributed by atoms with Crippen molar-refractivity contribution in [3.63, 3.8) is 0 Å². The van der Waals surface area contributed by atoms with Crippen molar-refractivity contribution in [3.05, 3.63) is 78.0 Å². The van der Waals surface area contributed by atoms with E-state index >= 15 is 0 Å². The highest BCUT2D eigenvalue weighted by atomic mass is 16.3. The number of hydrogen-bond acceptors (Lipinski definition) is 3. The minimum Gasteiger partial charge on any atom is -0.388 e. The summed E-state index contributed by atoms with van der Waals surface area (Å²) < 4.78 is 2.05. The quantitative estimate of drug-likeness (QED) is 0.476. The predicted octanol–water partition coefficient (Wildman–Crippen LogP) is 5.77. The van der Waals surface area contributed by atoms with Crippen LogP contribution in [0.5, 0.6) is 0 Å². The van der Waals surface area contributed by atoms with Crippen LogP contribution in [0.15, 0.2) is 61.3 Å². The number of benzene rings is 1. The Hall–Kier alpha value is -2.72. The van der Waals surface area contributed by atoms with Crippen molar-refractivity contribution in [3.8, 4) is 0 Å². The second-order valence-corrected chi connectivity index (χ2v) is 9.12. The molecule has 6 rings (SSSR count). The van der Waals surface area contributed by atoms with Crippen molar-refractivity contribution < 1.29 is 5.11 Å². The molecule has 2 aliphatic carbocycles. The van der Waals surface area contributed by atoms with Crippen LogP contribution in [-0.2, 0) is 0 Å². The van der Waals surface area contributed by atoms with Gasteiger partial charge in [0.05, 0.1) is 29.7 Å². The van der Waals surface area contributed by atoms with Gasteiger partial charge in [-0.2, -0.15) is 0 Å². The van der Waals surface area contributed by atoms with E-state index in [1.165, 1.54) is 29.4 Å². The fraction of sp³-hybridized carbons (Fsp3) is 0.385. The zero-order chi connectivity index (χ0) is 20.1. The molecule has 1 N–H and O–H groups in total. The SMILES string of the molecule is O[C@H](c1c(C2CC2)ccn2cncc12)C1CCC(c2cccc3ncccc23)CC1. The Morgan fingerprint density at radius 3 is 2.53 bits per heavy atom. The topological polar surface area (TPSA) is 50.4 Å². The molecule has 4 nitrogen and oxygen atoms in total. The number of fused-ring (bicyclic) bond motifs is 2. The van der Waals surface area contributed by atoms with Crippen LogP contribution in [0.2, 0.25) is 0 Å². The Morgan fingerprint density at radius 2 is 1.70 bits per heavy atom. The number of pyridine rings is 2. The first-order valence-corrected chi connectivity index (χ1v) is 11.3. The number of aliphatic hydroxyl groups excluding tert-OH is 1. The van der Waals surface area contributed by atoms with Crippen molar-refractivity contribution in [2.75, 3.05) is 0 Å². The van der Waals surface area contributed by atoms with E-state index in [1.807, 2.05) is 24.8 Å². The van der Waals surface area contributed by atoms with E-state index < -0.39 is 6.10 Å². The Balaban J connectivity index is 1.27. The van der Waals surface area contributed by atoms with E-state index in [4.69, 9.17) is 0 Å². The molecular weight excluding hydrogens is 370 g/mol. The molecule has 4 heteroatoms. The molecule has 30 heavy (non-hydrogen) atoms. The van der Waals surface area contributed by atoms with Gasteiger partial charge in [0, 0.05) is 23.3 Å². The molecule has 0 bridgehead atoms. The number of rotatable bonds is 4. The molecule has 2 fully saturated rings. The first-order chi connectivity index (χ1) is 14.8. The van der Waals surface area contributed by atoms with Gasteiger partial charge in [-0.25, -0.2) is 4.98 Å². The van der Waals surface area contributed by atoms with Crippen LogP contribution in [0.4, 0.5) is 0 Å². The van der Waals surface area contributed by atoms with Gasteiger partial charge in [0.15, 0.2) is 0 Å². The fourth-order valence-corrected chi connectivity index (χ4v) is 5.57. The maximum absolute atomic E-state index is 11.5. The third-order valence-electron chi connectivity index (χ3n) is 7.32. The minimum atomic E-state index is -0.406. The average Bonchev–Trinajstić information content (AvgIpc) is 3.54. The van der Waals surface area contributed by atoms with Gasteiger partial charge in [0.2, 0.25) is 0 Å². The summed E-state index contributed by atoms with van der Waals surface area (Å²) in [5, 5.41) is 12.8. The molecule has 0 radical (unpaired) electrons. The van der Waals surface area contributed by atoms with Crippen molar-refractivity contribution in [1.82, 2.24) is 14.4 Å². The van der Waals surface area contributed by atoms with Gasteiger partial charge in [-0.3, -0.25) is 4.98 Å². The molecule has 0 amide bonds. The van der Waals surface area contributed by atoms with Gasteiger partial charge in [0.1, 0.15) is 0 Å². The lowest BCUT2D eigenvalue weighted by atomic mass is 9.74. The second-order valence-electron chi connectivity index (χ2n) is 9.12. The summed E-state index contributed by atoms with van der Waals surface area (Å²) in [6, 6.07) is 12.9. The van der Waals surface area contributed by atoms with Crippen molar-refractivity contribution in [1.29, 1.82) is 0 Å². The first-order valence-electron chi connectivity index (χ1n) is 11.3. The molecule has 3 heterocycles. The second kappa shape index (κ2) is 7.21. The molecule has 2 saturated carbocycles. The van der Waals surface area contributed by atoms with Gasteiger partial charge in [-0.1, -0.05) is 18.2 Å². The van der Waals surface area contributed by atoms with E-state index in [0.29, 0.717) is 17.8 Å². The van der Waals surface area contributed by atoms with Crippen molar-refractivity contribution >= 4 is 16.4 Å². The maximum atomic E-state index is 11.5. The van der Waals surface area contributed by atoms with Crippen LogP contribution in [0.1, 0.15) is 73.2 Å². The molecule has 0 saturated heterocycles. The van der Waals surface area contributed by atoms with Gasteiger partial charge in [-0.05, 0) is 85.6 Å². The maximum Gasteiger partial charge on any atom is 0.0992 e. The highest BCUT2D eigenvalue weighted by molar-refractivity contribution is 5.82. The standard InChI is InChI=1S/C26H27N3O/c30-26(25-21(18-6-7-18)12-14-29-16-27-15-24(25)29)19-10-8-17(9-11-19)20-3-1-5-23-22(20)4-2-13-28-23/h1-5,12-19,26,30H,6-11H2/t17?,19?,26-/m0/s1. The molecule has 1 atom stereocenters. The van der Waals surface area contributed by atoms with E-state index in [9.17, 15) is 5.11 Å². The van der Waals surface area contributed by atoms with Crippen LogP contribution in [-0.4, -0.2) is 19.5 Å². The van der Waals surface area contributed by atoms with Crippen molar-refractivity contribution in [2.45, 2.75) is 56.5 Å². The van der Waals surface area contributed by atoms with E-state index in [0.717, 1.165) is 42.3 Å². The Bertz CT molecular complexity index is 1200. The van der Waals surface area contributed by atoms with Gasteiger partial charge in [0.25, 0.3) is 0 Å². The van der Waals surface area contributed by atoms with Crippen molar-refractivity contribution in [2.24, 2.45) is 5.92 Å². The van der Waals surface area contributed by atoms with Gasteiger partial charge in [-0.15, -0.1) is 0 Å². The number of aromatic nitrogens is 3. The summed E-state index contributed by atoms with van der Waals surface area (Å²) >= 11 is 0. The van der Waals surface area contributed by atoms with E-state index in [2.05, 4.69) is 50.9 Å². The van der Waals surface area contributed by atoms with E-state index in [-0.39, 0.29) is 0 Å². The Labute approximate surface area is 176 Å². The highest BCUT2D eigenvalue weighted by Crippen LogP contribution is 2.48. The lowest BCUT2D eigenvalue weighted by Gasteiger charge is -2.33. The summed E-state index contributed by atoms with van der Waals surface area (Å²) in [6.45, 7) is 0. The summed E-state index contributed by atoms with van der Waals surface area (Å²) in [5.41, 5.74) is 6.06. The monoisotopic (exact) mass is 397 g/mol. The number of aliphatic hydroxyl groups is 1. The van der Waals surface area contributed by atoms with E-state index in [1.54, 1.807) is 0 Å². The van der Waals surface area contributed by atoms with Crippen LogP contribution in [0, 0.1) is 5.92 Å². The average molecular weight is 398 g/mol. The summed E-state index contributed by atoms with van der Waals surface area (Å²) in [7, 11) is 0. The number of hydrogen-bond donors (Lipinski definition) is 1. The molecule has 0 aliphatic heterocycles. The summed E-state index contributed by atoms with van der Waals surface area (Å²) in [5.74, 6) is 1.48. The van der Waals surface area contributed by atoms with Crippen LogP contribution in [0.25, 0.3) is 16.4 Å². The lowest BCUT2D eigenvalue weighted by molar-refractivity contribution is 0.0811. The molecule has 2 aliphatic rings. The summed E-state index contributed by atoms with van der Waals surface area (Å²) in [6.07, 6.45) is 14.2. The Morgan fingerprint density at radius 1 is 0.900 bits per heavy atom. The smallest absolute Gasteiger partial charge is 0.0992 e. The Kier molecular flexibility index (Phi) is 4.34. The highest BCUT2D eigenvalue weighted by Gasteiger charge is 2.34. The van der Waals surface area contributed by atoms with Gasteiger partial charge >= 0.3 is 0 Å². The molecule has 1 aromatic carbocycles. The van der Waals surface area contributed by atoms with Gasteiger partial charge < -0.3 is 9.51 Å². The first kappa shape index (κ1) is 18.1. The third kappa shape index (κ3) is 3.02. The zero-order valence-corrected chi connectivity index (χ0v) is 17.1. The fourth-order valence-electron chi connectivity index (χ4n) is 5.57. The van der Waals surface area contributed by atoms with Crippen LogP contribution < -0.4 is 0 Å². The zero-order valence-electron chi connectivity index (χ0n) is 17.1. The molecule has 0 spiro atoms. The molecular formula is C26H27N3O. The number of nitrogens with zero attached hydrogens (tertiary/aromatic N) is 3. The summed E-state index contributed by atoms with van der Waals surface area (Å²) in [4.78, 5) is 8.86. The normalized spacial score (nSPS) is 23.1. The largest absolute Gasteiger partial charge is 0.388 e. The van der Waals surface area contributed by atoms with Crippen LogP contribution >= 0.6 is 0 Å². The third-order valence-corrected chi connectivity index (χ3v) is 7.32. The molecule has 3 aromatic heterocycles. The molecule has 0 unspecified atom stereocenters. The van der Waals surface area contributed by atoms with Crippen LogP contribution in [0.3, 0.4) is 0 Å². The number of imidazole rings is 1. The predicted molar refractivity (Wildman–Crippen MR) is 119 cm³/mol.